The summed E-state index contributed by atoms with van der Waals surface area (Å²) < 4.78 is 11.0. The molecule has 8 heteroatoms. The lowest BCUT2D eigenvalue weighted by molar-refractivity contribution is -0.384. The van der Waals surface area contributed by atoms with Gasteiger partial charge in [0.15, 0.2) is 5.96 Å². The van der Waals surface area contributed by atoms with E-state index in [1.54, 1.807) is 19.2 Å². The molecule has 1 atom stereocenters. The number of nitro benzene ring substituents is 1. The van der Waals surface area contributed by atoms with Gasteiger partial charge < -0.3 is 20.1 Å². The fraction of sp³-hybridized carbons (Fsp3) is 0.588. The lowest BCUT2D eigenvalue weighted by atomic mass is 10.1. The number of nitrogens with one attached hydrogen (secondary N) is 2. The van der Waals surface area contributed by atoms with Gasteiger partial charge in [0, 0.05) is 51.4 Å². The van der Waals surface area contributed by atoms with Crippen LogP contribution >= 0.6 is 0 Å². The standard InChI is InChI=1S/C17H26N4O4/c1-18-17(19-7-3-8-24-12-15-6-9-25-13-15)20-11-14-4-2-5-16(10-14)21(22)23/h2,4-5,10,15H,3,6-9,11-13H2,1H3,(H2,18,19,20). The van der Waals surface area contributed by atoms with Crippen LogP contribution in [0.4, 0.5) is 5.69 Å². The Bertz CT molecular complexity index is 574. The average Bonchev–Trinajstić information content (AvgIpc) is 3.14. The van der Waals surface area contributed by atoms with Crippen LogP contribution in [0.5, 0.6) is 0 Å². The highest BCUT2D eigenvalue weighted by molar-refractivity contribution is 5.79. The molecule has 0 amide bonds. The van der Waals surface area contributed by atoms with Crippen molar-refractivity contribution in [2.75, 3.05) is 40.0 Å². The minimum atomic E-state index is -0.395. The molecule has 25 heavy (non-hydrogen) atoms. The van der Waals surface area contributed by atoms with E-state index >= 15 is 0 Å². The summed E-state index contributed by atoms with van der Waals surface area (Å²) >= 11 is 0. The normalized spacial score (nSPS) is 17.5. The second-order valence-electron chi connectivity index (χ2n) is 5.94. The molecule has 0 bridgehead atoms. The lowest BCUT2D eigenvalue weighted by Crippen LogP contribution is -2.37. The second-order valence-corrected chi connectivity index (χ2v) is 5.94. The number of guanidine groups is 1. The molecule has 1 aliphatic heterocycles. The zero-order valence-electron chi connectivity index (χ0n) is 14.6. The Kier molecular flexibility index (Phi) is 8.14. The van der Waals surface area contributed by atoms with Crippen molar-refractivity contribution in [3.63, 3.8) is 0 Å². The molecule has 0 aliphatic carbocycles. The van der Waals surface area contributed by atoms with Gasteiger partial charge in [-0.15, -0.1) is 0 Å². The molecule has 1 aromatic rings. The lowest BCUT2D eigenvalue weighted by Gasteiger charge is -2.12. The van der Waals surface area contributed by atoms with Gasteiger partial charge in [0.25, 0.3) is 5.69 Å². The van der Waals surface area contributed by atoms with Crippen molar-refractivity contribution in [2.24, 2.45) is 10.9 Å². The van der Waals surface area contributed by atoms with E-state index in [2.05, 4.69) is 15.6 Å². The number of nitrogens with zero attached hydrogens (tertiary/aromatic N) is 2. The van der Waals surface area contributed by atoms with Crippen LogP contribution in [0.1, 0.15) is 18.4 Å². The number of hydrogen-bond donors (Lipinski definition) is 2. The zero-order valence-corrected chi connectivity index (χ0v) is 14.6. The molecule has 8 nitrogen and oxygen atoms in total. The molecule has 1 aromatic carbocycles. The zero-order chi connectivity index (χ0) is 17.9. The van der Waals surface area contributed by atoms with E-state index in [4.69, 9.17) is 9.47 Å². The molecule has 138 valence electrons. The van der Waals surface area contributed by atoms with Gasteiger partial charge in [-0.1, -0.05) is 12.1 Å². The number of rotatable bonds is 9. The maximum absolute atomic E-state index is 10.8. The van der Waals surface area contributed by atoms with Gasteiger partial charge in [-0.25, -0.2) is 0 Å². The quantitative estimate of drug-likeness (QED) is 0.231. The van der Waals surface area contributed by atoms with Crippen molar-refractivity contribution in [1.82, 2.24) is 10.6 Å². The largest absolute Gasteiger partial charge is 0.381 e. The van der Waals surface area contributed by atoms with Crippen molar-refractivity contribution in [2.45, 2.75) is 19.4 Å². The number of hydrogen-bond acceptors (Lipinski definition) is 5. The monoisotopic (exact) mass is 350 g/mol. The topological polar surface area (TPSA) is 98.0 Å². The van der Waals surface area contributed by atoms with Crippen molar-refractivity contribution >= 4 is 11.6 Å². The third-order valence-electron chi connectivity index (χ3n) is 3.94. The van der Waals surface area contributed by atoms with Gasteiger partial charge in [0.2, 0.25) is 0 Å². The fourth-order valence-electron chi connectivity index (χ4n) is 2.53. The third-order valence-corrected chi connectivity index (χ3v) is 3.94. The molecule has 0 radical (unpaired) electrons. The summed E-state index contributed by atoms with van der Waals surface area (Å²) in [7, 11) is 1.69. The van der Waals surface area contributed by atoms with Crippen LogP contribution in [0.2, 0.25) is 0 Å². The molecule has 1 aliphatic rings. The molecule has 1 heterocycles. The van der Waals surface area contributed by atoms with Crippen LogP contribution in [0, 0.1) is 16.0 Å². The first-order chi connectivity index (χ1) is 12.2. The van der Waals surface area contributed by atoms with Crippen LogP contribution in [0.3, 0.4) is 0 Å². The van der Waals surface area contributed by atoms with Gasteiger partial charge in [0.05, 0.1) is 18.1 Å². The molecule has 2 N–H and O–H groups in total. The van der Waals surface area contributed by atoms with Crippen molar-refractivity contribution < 1.29 is 14.4 Å². The van der Waals surface area contributed by atoms with E-state index in [0.717, 1.165) is 44.8 Å². The highest BCUT2D eigenvalue weighted by atomic mass is 16.6. The number of ether oxygens (including phenoxy) is 2. The molecule has 1 saturated heterocycles. The fourth-order valence-corrected chi connectivity index (χ4v) is 2.53. The summed E-state index contributed by atoms with van der Waals surface area (Å²) in [6.07, 6.45) is 1.97. The van der Waals surface area contributed by atoms with E-state index in [1.807, 2.05) is 6.07 Å². The molecular formula is C17H26N4O4. The molecule has 1 fully saturated rings. The van der Waals surface area contributed by atoms with E-state index in [1.165, 1.54) is 6.07 Å². The Morgan fingerprint density at radius 3 is 3.08 bits per heavy atom. The number of nitro groups is 1. The van der Waals surface area contributed by atoms with Crippen molar-refractivity contribution in [3.05, 3.63) is 39.9 Å². The molecule has 0 saturated carbocycles. The minimum absolute atomic E-state index is 0.0899. The maximum Gasteiger partial charge on any atom is 0.269 e. The van der Waals surface area contributed by atoms with E-state index < -0.39 is 4.92 Å². The molecule has 2 rings (SSSR count). The number of non-ortho nitro benzene ring substituents is 1. The summed E-state index contributed by atoms with van der Waals surface area (Å²) in [6.45, 7) is 4.34. The Morgan fingerprint density at radius 2 is 2.36 bits per heavy atom. The molecule has 0 aromatic heterocycles. The van der Waals surface area contributed by atoms with Crippen molar-refractivity contribution in [1.29, 1.82) is 0 Å². The molecule has 0 spiro atoms. The molecule has 1 unspecified atom stereocenters. The predicted octanol–water partition coefficient (Wildman–Crippen LogP) is 1.70. The van der Waals surface area contributed by atoms with Gasteiger partial charge in [-0.3, -0.25) is 15.1 Å². The number of benzene rings is 1. The van der Waals surface area contributed by atoms with Crippen molar-refractivity contribution in [3.8, 4) is 0 Å². The highest BCUT2D eigenvalue weighted by Crippen LogP contribution is 2.13. The summed E-state index contributed by atoms with van der Waals surface area (Å²) in [5.41, 5.74) is 0.923. The van der Waals surface area contributed by atoms with Crippen LogP contribution < -0.4 is 10.6 Å². The Morgan fingerprint density at radius 1 is 1.48 bits per heavy atom. The summed E-state index contributed by atoms with van der Waals surface area (Å²) in [6, 6.07) is 6.56. The Hall–Kier alpha value is -2.19. The smallest absolute Gasteiger partial charge is 0.269 e. The average molecular weight is 350 g/mol. The number of aliphatic imine (C=N–C) groups is 1. The predicted molar refractivity (Wildman–Crippen MR) is 95.7 cm³/mol. The summed E-state index contributed by atoms with van der Waals surface area (Å²) in [4.78, 5) is 14.5. The first-order valence-electron chi connectivity index (χ1n) is 8.52. The third kappa shape index (κ3) is 7.06. The molecular weight excluding hydrogens is 324 g/mol. The van der Waals surface area contributed by atoms with Crippen LogP contribution in [0.25, 0.3) is 0 Å². The van der Waals surface area contributed by atoms with E-state index in [9.17, 15) is 10.1 Å². The van der Waals surface area contributed by atoms with Gasteiger partial charge >= 0.3 is 0 Å². The SMILES string of the molecule is CN=C(NCCCOCC1CCOC1)NCc1cccc([N+](=O)[O-])c1. The first-order valence-corrected chi connectivity index (χ1v) is 8.52. The highest BCUT2D eigenvalue weighted by Gasteiger charge is 2.15. The maximum atomic E-state index is 10.8. The summed E-state index contributed by atoms with van der Waals surface area (Å²) in [5.74, 6) is 1.20. The van der Waals surface area contributed by atoms with Gasteiger partial charge in [-0.05, 0) is 18.4 Å². The summed E-state index contributed by atoms with van der Waals surface area (Å²) in [5, 5.41) is 17.1. The van der Waals surface area contributed by atoms with Crippen LogP contribution in [-0.2, 0) is 16.0 Å². The van der Waals surface area contributed by atoms with E-state index in [0.29, 0.717) is 25.0 Å². The van der Waals surface area contributed by atoms with Crippen LogP contribution in [-0.4, -0.2) is 50.9 Å². The Balaban J connectivity index is 1.60. The Labute approximate surface area is 147 Å². The first kappa shape index (κ1) is 19.1. The van der Waals surface area contributed by atoms with Gasteiger partial charge in [0.1, 0.15) is 0 Å². The van der Waals surface area contributed by atoms with E-state index in [-0.39, 0.29) is 5.69 Å². The second kappa shape index (κ2) is 10.6. The van der Waals surface area contributed by atoms with Gasteiger partial charge in [-0.2, -0.15) is 0 Å². The minimum Gasteiger partial charge on any atom is -0.381 e. The van der Waals surface area contributed by atoms with Crippen LogP contribution in [0.15, 0.2) is 29.3 Å².